The molecule has 17 heavy (non-hydrogen) atoms. The fourth-order valence-electron chi connectivity index (χ4n) is 1.68. The number of hydrogen-bond donors (Lipinski definition) is 2. The Balaban J connectivity index is 0.00000256. The summed E-state index contributed by atoms with van der Waals surface area (Å²) in [4.78, 5) is 10.8. The van der Waals surface area contributed by atoms with Gasteiger partial charge < -0.3 is 10.2 Å². The van der Waals surface area contributed by atoms with Crippen molar-refractivity contribution in [3.05, 3.63) is 35.4 Å². The van der Waals surface area contributed by atoms with Gasteiger partial charge in [0.1, 0.15) is 5.92 Å². The van der Waals surface area contributed by atoms with Crippen molar-refractivity contribution in [3.63, 3.8) is 0 Å². The summed E-state index contributed by atoms with van der Waals surface area (Å²) < 4.78 is 0. The van der Waals surface area contributed by atoms with E-state index in [0.29, 0.717) is 11.5 Å². The number of carboxylic acid groups (broad SMARTS) is 1. The minimum absolute atomic E-state index is 0. The Morgan fingerprint density at radius 2 is 1.76 bits per heavy atom. The zero-order valence-corrected chi connectivity index (χ0v) is 12.7. The van der Waals surface area contributed by atoms with Crippen LogP contribution in [0, 0.1) is 5.92 Å². The summed E-state index contributed by atoms with van der Waals surface area (Å²) in [5, 5.41) is 17.9. The van der Waals surface area contributed by atoms with Crippen LogP contribution in [-0.2, 0) is 11.2 Å². The first-order valence-electron chi connectivity index (χ1n) is 5.47. The number of carbonyl (C=O) groups is 1. The van der Waals surface area contributed by atoms with E-state index in [-0.39, 0.29) is 36.2 Å². The summed E-state index contributed by atoms with van der Waals surface area (Å²) in [7, 11) is 0. The van der Waals surface area contributed by atoms with Gasteiger partial charge in [0, 0.05) is 29.6 Å². The average molecular weight is 245 g/mol. The maximum atomic E-state index is 10.8. The van der Waals surface area contributed by atoms with Gasteiger partial charge in [0.05, 0.1) is 6.61 Å². The minimum atomic E-state index is -0.987. The van der Waals surface area contributed by atoms with E-state index in [1.54, 1.807) is 12.1 Å². The van der Waals surface area contributed by atoms with Crippen LogP contribution in [0.25, 0.3) is 0 Å². The number of benzene rings is 1. The second kappa shape index (κ2) is 7.88. The number of aliphatic carboxylic acids is 1. The molecule has 0 spiro atoms. The first-order chi connectivity index (χ1) is 7.54. The van der Waals surface area contributed by atoms with Gasteiger partial charge in [-0.25, -0.2) is 0 Å². The van der Waals surface area contributed by atoms with Crippen LogP contribution in [0.1, 0.15) is 30.9 Å². The van der Waals surface area contributed by atoms with E-state index in [1.165, 1.54) is 5.56 Å². The maximum absolute atomic E-state index is 10.8. The standard InChI is InChI=1S/C13H18O3.Na/c1-9(2)7-10-3-5-11(6-4-10)12(8-14)13(15)16;/h3-6,9,12,14H,7-8H2,1-2H3,(H,15,16);. The average Bonchev–Trinajstić information content (AvgIpc) is 2.20. The quantitative estimate of drug-likeness (QED) is 0.776. The normalized spacial score (nSPS) is 12.0. The van der Waals surface area contributed by atoms with Crippen molar-refractivity contribution >= 4 is 35.5 Å². The van der Waals surface area contributed by atoms with Crippen molar-refractivity contribution in [3.8, 4) is 0 Å². The van der Waals surface area contributed by atoms with E-state index in [0.717, 1.165) is 6.42 Å². The SMILES string of the molecule is CC(C)Cc1ccc(C(CO)C(=O)O)cc1.[Na]. The molecule has 0 saturated heterocycles. The Labute approximate surface area is 124 Å². The Morgan fingerprint density at radius 1 is 1.24 bits per heavy atom. The Kier molecular flexibility index (Phi) is 7.71. The summed E-state index contributed by atoms with van der Waals surface area (Å²) in [6.07, 6.45) is 0.983. The fourth-order valence-corrected chi connectivity index (χ4v) is 1.68. The molecule has 0 aliphatic rings. The Morgan fingerprint density at radius 3 is 2.12 bits per heavy atom. The monoisotopic (exact) mass is 245 g/mol. The third-order valence-corrected chi connectivity index (χ3v) is 2.51. The van der Waals surface area contributed by atoms with E-state index >= 15 is 0 Å². The molecule has 1 radical (unpaired) electrons. The van der Waals surface area contributed by atoms with E-state index in [1.807, 2.05) is 12.1 Å². The maximum Gasteiger partial charge on any atom is 0.313 e. The topological polar surface area (TPSA) is 57.5 Å². The fraction of sp³-hybridized carbons (Fsp3) is 0.462. The molecule has 4 heteroatoms. The summed E-state index contributed by atoms with van der Waals surface area (Å²) in [5.74, 6) is -1.22. The number of carboxylic acids is 1. The number of aliphatic hydroxyl groups excluding tert-OH is 1. The van der Waals surface area contributed by atoms with Gasteiger partial charge in [-0.2, -0.15) is 0 Å². The van der Waals surface area contributed by atoms with Crippen molar-refractivity contribution in [1.29, 1.82) is 0 Å². The minimum Gasteiger partial charge on any atom is -0.481 e. The molecule has 1 unspecified atom stereocenters. The molecule has 3 nitrogen and oxygen atoms in total. The molecule has 0 aliphatic heterocycles. The summed E-state index contributed by atoms with van der Waals surface area (Å²) in [6.45, 7) is 3.92. The first-order valence-corrected chi connectivity index (χ1v) is 5.47. The smallest absolute Gasteiger partial charge is 0.313 e. The van der Waals surface area contributed by atoms with Gasteiger partial charge in [0.15, 0.2) is 0 Å². The first kappa shape index (κ1) is 16.6. The number of hydrogen-bond acceptors (Lipinski definition) is 2. The molecule has 89 valence electrons. The number of rotatable bonds is 5. The zero-order chi connectivity index (χ0) is 12.1. The molecule has 0 aromatic heterocycles. The third-order valence-electron chi connectivity index (χ3n) is 2.51. The van der Waals surface area contributed by atoms with Crippen molar-refractivity contribution in [2.75, 3.05) is 6.61 Å². The summed E-state index contributed by atoms with van der Waals surface area (Å²) >= 11 is 0. The summed E-state index contributed by atoms with van der Waals surface area (Å²) in [5.41, 5.74) is 1.85. The molecule has 0 fully saturated rings. The molecule has 0 heterocycles. The molecule has 0 aliphatic carbocycles. The van der Waals surface area contributed by atoms with Gasteiger partial charge in [-0.1, -0.05) is 38.1 Å². The summed E-state index contributed by atoms with van der Waals surface area (Å²) in [6, 6.07) is 7.43. The van der Waals surface area contributed by atoms with Gasteiger partial charge in [-0.05, 0) is 23.5 Å². The largest absolute Gasteiger partial charge is 0.481 e. The van der Waals surface area contributed by atoms with Crippen LogP contribution >= 0.6 is 0 Å². The van der Waals surface area contributed by atoms with Crippen molar-refractivity contribution in [2.24, 2.45) is 5.92 Å². The van der Waals surface area contributed by atoms with E-state index < -0.39 is 11.9 Å². The molecule has 1 rings (SSSR count). The molecule has 0 bridgehead atoms. The predicted molar refractivity (Wildman–Crippen MR) is 68.2 cm³/mol. The van der Waals surface area contributed by atoms with Gasteiger partial charge >= 0.3 is 5.97 Å². The van der Waals surface area contributed by atoms with Crippen LogP contribution in [0.5, 0.6) is 0 Å². The van der Waals surface area contributed by atoms with Crippen molar-refractivity contribution < 1.29 is 15.0 Å². The Hall–Kier alpha value is -0.350. The Bertz CT molecular complexity index is 346. The molecular weight excluding hydrogens is 227 g/mol. The van der Waals surface area contributed by atoms with Gasteiger partial charge in [0.2, 0.25) is 0 Å². The second-order valence-corrected chi connectivity index (χ2v) is 4.41. The predicted octanol–water partition coefficient (Wildman–Crippen LogP) is 1.66. The van der Waals surface area contributed by atoms with Crippen LogP contribution in [-0.4, -0.2) is 52.3 Å². The van der Waals surface area contributed by atoms with Crippen molar-refractivity contribution in [1.82, 2.24) is 0 Å². The molecule has 1 aromatic carbocycles. The van der Waals surface area contributed by atoms with E-state index in [9.17, 15) is 4.79 Å². The van der Waals surface area contributed by atoms with E-state index in [4.69, 9.17) is 10.2 Å². The third kappa shape index (κ3) is 5.21. The second-order valence-electron chi connectivity index (χ2n) is 4.41. The van der Waals surface area contributed by atoms with Gasteiger partial charge in [-0.3, -0.25) is 4.79 Å². The molecule has 2 N–H and O–H groups in total. The van der Waals surface area contributed by atoms with Crippen molar-refractivity contribution in [2.45, 2.75) is 26.2 Å². The van der Waals surface area contributed by atoms with Crippen LogP contribution in [0.3, 0.4) is 0 Å². The van der Waals surface area contributed by atoms with Crippen LogP contribution in [0.4, 0.5) is 0 Å². The number of aliphatic hydroxyl groups is 1. The molecule has 0 saturated carbocycles. The zero-order valence-electron chi connectivity index (χ0n) is 10.7. The van der Waals surface area contributed by atoms with Crippen LogP contribution in [0.15, 0.2) is 24.3 Å². The van der Waals surface area contributed by atoms with Crippen LogP contribution < -0.4 is 0 Å². The molecule has 0 amide bonds. The van der Waals surface area contributed by atoms with Crippen LogP contribution in [0.2, 0.25) is 0 Å². The van der Waals surface area contributed by atoms with Gasteiger partial charge in [0.25, 0.3) is 0 Å². The van der Waals surface area contributed by atoms with Gasteiger partial charge in [-0.15, -0.1) is 0 Å². The molecule has 1 aromatic rings. The van der Waals surface area contributed by atoms with E-state index in [2.05, 4.69) is 13.8 Å². The molecule has 1 atom stereocenters. The molecular formula is C13H18NaO3.